The Hall–Kier alpha value is -0.800. The third-order valence-electron chi connectivity index (χ3n) is 3.68. The normalized spacial score (nSPS) is 20.9. The molecule has 0 radical (unpaired) electrons. The van der Waals surface area contributed by atoms with Crippen molar-refractivity contribution in [2.75, 3.05) is 6.54 Å². The maximum Gasteiger partial charge on any atom is 0.0492 e. The predicted octanol–water partition coefficient (Wildman–Crippen LogP) is 3.76. The third-order valence-corrected chi connectivity index (χ3v) is 4.31. The summed E-state index contributed by atoms with van der Waals surface area (Å²) >= 11 is 3.60. The van der Waals surface area contributed by atoms with Crippen LogP contribution in [0.3, 0.4) is 0 Å². The number of aryl methyl sites for hydroxylation is 1. The monoisotopic (exact) mass is 292 g/mol. The molecule has 2 heterocycles. The van der Waals surface area contributed by atoms with Crippen molar-refractivity contribution in [2.45, 2.75) is 25.3 Å². The second-order valence-corrected chi connectivity index (χ2v) is 5.72. The van der Waals surface area contributed by atoms with Crippen LogP contribution in [0.5, 0.6) is 0 Å². The van der Waals surface area contributed by atoms with Gasteiger partial charge < -0.3 is 9.88 Å². The van der Waals surface area contributed by atoms with Gasteiger partial charge in [-0.3, -0.25) is 0 Å². The SMILES string of the molecule is Cn1cc(Br)c2ccc(C3CCCCN3)cc21. The van der Waals surface area contributed by atoms with E-state index in [4.69, 9.17) is 0 Å². The number of aromatic nitrogens is 1. The lowest BCUT2D eigenvalue weighted by atomic mass is 9.97. The van der Waals surface area contributed by atoms with Gasteiger partial charge in [0.05, 0.1) is 0 Å². The Morgan fingerprint density at radius 3 is 3.00 bits per heavy atom. The number of rotatable bonds is 1. The summed E-state index contributed by atoms with van der Waals surface area (Å²) in [5, 5.41) is 4.90. The molecule has 0 aliphatic carbocycles. The van der Waals surface area contributed by atoms with E-state index in [0.29, 0.717) is 6.04 Å². The molecule has 1 aromatic carbocycles. The number of nitrogens with zero attached hydrogens (tertiary/aromatic N) is 1. The summed E-state index contributed by atoms with van der Waals surface area (Å²) < 4.78 is 3.37. The van der Waals surface area contributed by atoms with Crippen LogP contribution in [0.1, 0.15) is 30.9 Å². The summed E-state index contributed by atoms with van der Waals surface area (Å²) in [5.74, 6) is 0. The first-order chi connectivity index (χ1) is 8.25. The van der Waals surface area contributed by atoms with E-state index in [1.54, 1.807) is 0 Å². The van der Waals surface area contributed by atoms with E-state index in [9.17, 15) is 0 Å². The van der Waals surface area contributed by atoms with E-state index in [0.717, 1.165) is 6.54 Å². The summed E-state index contributed by atoms with van der Waals surface area (Å²) in [6, 6.07) is 7.35. The highest BCUT2D eigenvalue weighted by Gasteiger charge is 2.15. The van der Waals surface area contributed by atoms with E-state index in [2.05, 4.69) is 57.3 Å². The molecule has 1 unspecified atom stereocenters. The zero-order valence-corrected chi connectivity index (χ0v) is 11.6. The van der Waals surface area contributed by atoms with Crippen LogP contribution in [0.25, 0.3) is 10.9 Å². The fourth-order valence-corrected chi connectivity index (χ4v) is 3.35. The lowest BCUT2D eigenvalue weighted by Crippen LogP contribution is -2.26. The first-order valence-electron chi connectivity index (χ1n) is 6.23. The minimum absolute atomic E-state index is 0.543. The first-order valence-corrected chi connectivity index (χ1v) is 7.03. The molecule has 1 atom stereocenters. The van der Waals surface area contributed by atoms with E-state index in [1.165, 1.54) is 40.2 Å². The van der Waals surface area contributed by atoms with Crippen LogP contribution in [0, 0.1) is 0 Å². The fourth-order valence-electron chi connectivity index (χ4n) is 2.70. The number of halogens is 1. The van der Waals surface area contributed by atoms with Gasteiger partial charge in [-0.1, -0.05) is 18.6 Å². The fraction of sp³-hybridized carbons (Fsp3) is 0.429. The van der Waals surface area contributed by atoms with Crippen molar-refractivity contribution in [1.82, 2.24) is 9.88 Å². The minimum Gasteiger partial charge on any atom is -0.349 e. The van der Waals surface area contributed by atoms with Crippen molar-refractivity contribution in [3.63, 3.8) is 0 Å². The van der Waals surface area contributed by atoms with Gasteiger partial charge in [0, 0.05) is 34.7 Å². The molecule has 3 heteroatoms. The van der Waals surface area contributed by atoms with Gasteiger partial charge in [-0.05, 0) is 46.9 Å². The Bertz CT molecular complexity index is 538. The Morgan fingerprint density at radius 2 is 2.24 bits per heavy atom. The molecule has 1 fully saturated rings. The van der Waals surface area contributed by atoms with E-state index < -0.39 is 0 Å². The molecule has 3 rings (SSSR count). The Balaban J connectivity index is 2.03. The maximum atomic E-state index is 3.61. The quantitative estimate of drug-likeness (QED) is 0.847. The predicted molar refractivity (Wildman–Crippen MR) is 75.2 cm³/mol. The van der Waals surface area contributed by atoms with Gasteiger partial charge in [0.2, 0.25) is 0 Å². The van der Waals surface area contributed by atoms with Gasteiger partial charge in [-0.2, -0.15) is 0 Å². The zero-order chi connectivity index (χ0) is 11.8. The van der Waals surface area contributed by atoms with E-state index >= 15 is 0 Å². The molecular weight excluding hydrogens is 276 g/mol. The lowest BCUT2D eigenvalue weighted by Gasteiger charge is -2.24. The molecule has 1 N–H and O–H groups in total. The van der Waals surface area contributed by atoms with Gasteiger partial charge in [-0.25, -0.2) is 0 Å². The molecule has 0 saturated carbocycles. The molecule has 17 heavy (non-hydrogen) atoms. The second kappa shape index (κ2) is 4.46. The van der Waals surface area contributed by atoms with Crippen molar-refractivity contribution in [1.29, 1.82) is 0 Å². The number of hydrogen-bond donors (Lipinski definition) is 1. The van der Waals surface area contributed by atoms with E-state index in [1.807, 2.05) is 0 Å². The molecule has 1 aliphatic heterocycles. The number of fused-ring (bicyclic) bond motifs is 1. The summed E-state index contributed by atoms with van der Waals surface area (Å²) in [6.07, 6.45) is 6.04. The van der Waals surface area contributed by atoms with Crippen LogP contribution in [0.2, 0.25) is 0 Å². The molecule has 0 bridgehead atoms. The molecule has 0 amide bonds. The number of piperidine rings is 1. The van der Waals surface area contributed by atoms with Crippen LogP contribution in [-0.4, -0.2) is 11.1 Å². The Morgan fingerprint density at radius 1 is 1.35 bits per heavy atom. The van der Waals surface area contributed by atoms with Gasteiger partial charge in [0.25, 0.3) is 0 Å². The topological polar surface area (TPSA) is 17.0 Å². The summed E-state index contributed by atoms with van der Waals surface area (Å²) in [4.78, 5) is 0. The summed E-state index contributed by atoms with van der Waals surface area (Å²) in [6.45, 7) is 1.15. The molecular formula is C14H17BrN2. The highest BCUT2D eigenvalue weighted by molar-refractivity contribution is 9.10. The van der Waals surface area contributed by atoms with Crippen LogP contribution < -0.4 is 5.32 Å². The number of hydrogen-bond acceptors (Lipinski definition) is 1. The molecule has 2 aromatic rings. The minimum atomic E-state index is 0.543. The van der Waals surface area contributed by atoms with Crippen molar-refractivity contribution < 1.29 is 0 Å². The third kappa shape index (κ3) is 2.02. The second-order valence-electron chi connectivity index (χ2n) is 4.87. The van der Waals surface area contributed by atoms with Crippen molar-refractivity contribution in [3.05, 3.63) is 34.4 Å². The number of benzene rings is 1. The summed E-state index contributed by atoms with van der Waals surface area (Å²) in [5.41, 5.74) is 2.73. The van der Waals surface area contributed by atoms with E-state index in [-0.39, 0.29) is 0 Å². The van der Waals surface area contributed by atoms with Crippen LogP contribution in [0.15, 0.2) is 28.9 Å². The number of nitrogens with one attached hydrogen (secondary N) is 1. The lowest BCUT2D eigenvalue weighted by molar-refractivity contribution is 0.412. The molecule has 1 aromatic heterocycles. The van der Waals surface area contributed by atoms with Gasteiger partial charge >= 0.3 is 0 Å². The highest BCUT2D eigenvalue weighted by Crippen LogP contribution is 2.30. The Labute approximate surface area is 110 Å². The largest absolute Gasteiger partial charge is 0.349 e. The Kier molecular flexibility index (Phi) is 2.97. The average Bonchev–Trinajstić information content (AvgIpc) is 2.66. The molecule has 1 aliphatic rings. The van der Waals surface area contributed by atoms with Crippen LogP contribution in [0.4, 0.5) is 0 Å². The van der Waals surface area contributed by atoms with Crippen LogP contribution >= 0.6 is 15.9 Å². The maximum absolute atomic E-state index is 3.61. The highest BCUT2D eigenvalue weighted by atomic mass is 79.9. The average molecular weight is 293 g/mol. The molecule has 90 valence electrons. The van der Waals surface area contributed by atoms with Crippen molar-refractivity contribution in [3.8, 4) is 0 Å². The summed E-state index contributed by atoms with van der Waals surface area (Å²) in [7, 11) is 2.10. The van der Waals surface area contributed by atoms with Crippen molar-refractivity contribution >= 4 is 26.8 Å². The van der Waals surface area contributed by atoms with Crippen LogP contribution in [-0.2, 0) is 7.05 Å². The molecule has 2 nitrogen and oxygen atoms in total. The molecule has 0 spiro atoms. The standard InChI is InChI=1S/C14H17BrN2/c1-17-9-12(15)11-6-5-10(8-14(11)17)13-4-2-3-7-16-13/h5-6,8-9,13,16H,2-4,7H2,1H3. The van der Waals surface area contributed by atoms with Crippen molar-refractivity contribution in [2.24, 2.45) is 7.05 Å². The molecule has 1 saturated heterocycles. The van der Waals surface area contributed by atoms with Gasteiger partial charge in [-0.15, -0.1) is 0 Å². The van der Waals surface area contributed by atoms with Gasteiger partial charge in [0.15, 0.2) is 0 Å². The smallest absolute Gasteiger partial charge is 0.0492 e. The van der Waals surface area contributed by atoms with Gasteiger partial charge in [0.1, 0.15) is 0 Å². The first kappa shape index (κ1) is 11.3. The zero-order valence-electron chi connectivity index (χ0n) is 10.0.